The Labute approximate surface area is 187 Å². The predicted molar refractivity (Wildman–Crippen MR) is 126 cm³/mol. The summed E-state index contributed by atoms with van der Waals surface area (Å²) in [5.41, 5.74) is 11.0. The van der Waals surface area contributed by atoms with Crippen molar-refractivity contribution in [1.29, 1.82) is 0 Å². The summed E-state index contributed by atoms with van der Waals surface area (Å²) >= 11 is 0. The molecule has 164 valence electrons. The second kappa shape index (κ2) is 7.51. The molecule has 1 saturated carbocycles. The number of aromatic nitrogens is 4. The number of nitrogens with zero attached hydrogens (tertiary/aromatic N) is 4. The van der Waals surface area contributed by atoms with Crippen LogP contribution in [0.1, 0.15) is 44.0 Å². The number of carbonyl (C=O) groups excluding carboxylic acids is 1. The zero-order valence-corrected chi connectivity index (χ0v) is 18.6. The van der Waals surface area contributed by atoms with Crippen LogP contribution >= 0.6 is 0 Å². The van der Waals surface area contributed by atoms with Crippen LogP contribution in [0.5, 0.6) is 0 Å². The molecule has 3 N–H and O–H groups in total. The van der Waals surface area contributed by atoms with Crippen LogP contribution in [0.2, 0.25) is 0 Å². The van der Waals surface area contributed by atoms with Crippen molar-refractivity contribution in [3.63, 3.8) is 0 Å². The van der Waals surface area contributed by atoms with Gasteiger partial charge < -0.3 is 11.1 Å². The Morgan fingerprint density at radius 3 is 2.56 bits per heavy atom. The maximum atomic E-state index is 12.2. The first-order valence-electron chi connectivity index (χ1n) is 11.0. The SMILES string of the molecule is CC1CC[C@@H](Nc2c(C(N)=O)cnn3cc(-c4ccc(-n5cccn5)cc4)cc23)C1(C)C. The molecular formula is C25H28N6O. The number of fused-ring (bicyclic) bond motifs is 1. The highest BCUT2D eigenvalue weighted by Gasteiger charge is 2.41. The fourth-order valence-electron chi connectivity index (χ4n) is 4.72. The molecule has 0 spiro atoms. The number of primary amides is 1. The Balaban J connectivity index is 1.55. The summed E-state index contributed by atoms with van der Waals surface area (Å²) in [7, 11) is 0. The van der Waals surface area contributed by atoms with E-state index in [1.54, 1.807) is 12.4 Å². The molecule has 2 atom stereocenters. The number of nitrogens with two attached hydrogens (primary N) is 1. The zero-order valence-electron chi connectivity index (χ0n) is 18.6. The van der Waals surface area contributed by atoms with Crippen LogP contribution in [0.15, 0.2) is 61.2 Å². The number of amides is 1. The lowest BCUT2D eigenvalue weighted by Crippen LogP contribution is -2.35. The van der Waals surface area contributed by atoms with Crippen molar-refractivity contribution in [2.75, 3.05) is 5.32 Å². The summed E-state index contributed by atoms with van der Waals surface area (Å²) in [5, 5.41) is 12.4. The minimum absolute atomic E-state index is 0.118. The molecular weight excluding hydrogens is 400 g/mol. The predicted octanol–water partition coefficient (Wildman–Crippen LogP) is 4.52. The van der Waals surface area contributed by atoms with E-state index in [1.807, 2.05) is 39.8 Å². The van der Waals surface area contributed by atoms with Gasteiger partial charge in [-0.3, -0.25) is 4.79 Å². The van der Waals surface area contributed by atoms with Gasteiger partial charge in [-0.15, -0.1) is 0 Å². The fraction of sp³-hybridized carbons (Fsp3) is 0.320. The topological polar surface area (TPSA) is 90.2 Å². The van der Waals surface area contributed by atoms with Crippen molar-refractivity contribution in [2.45, 2.75) is 39.7 Å². The van der Waals surface area contributed by atoms with Gasteiger partial charge in [0.05, 0.1) is 28.7 Å². The van der Waals surface area contributed by atoms with E-state index < -0.39 is 5.91 Å². The molecule has 0 bridgehead atoms. The quantitative estimate of drug-likeness (QED) is 0.489. The van der Waals surface area contributed by atoms with E-state index in [0.717, 1.165) is 40.9 Å². The van der Waals surface area contributed by atoms with Crippen LogP contribution < -0.4 is 11.1 Å². The minimum atomic E-state index is -0.474. The third-order valence-corrected chi connectivity index (χ3v) is 7.25. The second-order valence-electron chi connectivity index (χ2n) is 9.35. The largest absolute Gasteiger partial charge is 0.379 e. The van der Waals surface area contributed by atoms with Gasteiger partial charge in [-0.25, -0.2) is 9.20 Å². The number of carbonyl (C=O) groups is 1. The molecule has 32 heavy (non-hydrogen) atoms. The van der Waals surface area contributed by atoms with Gasteiger partial charge in [0.1, 0.15) is 0 Å². The van der Waals surface area contributed by atoms with E-state index in [0.29, 0.717) is 11.5 Å². The third-order valence-electron chi connectivity index (χ3n) is 7.25. The summed E-state index contributed by atoms with van der Waals surface area (Å²) in [6.45, 7) is 6.87. The molecule has 3 heterocycles. The number of nitrogens with one attached hydrogen (secondary N) is 1. The summed E-state index contributed by atoms with van der Waals surface area (Å²) in [4.78, 5) is 12.2. The van der Waals surface area contributed by atoms with Crippen LogP contribution in [0, 0.1) is 11.3 Å². The van der Waals surface area contributed by atoms with Crippen LogP contribution in [0.3, 0.4) is 0 Å². The average molecular weight is 429 g/mol. The smallest absolute Gasteiger partial charge is 0.252 e. The van der Waals surface area contributed by atoms with Crippen LogP contribution in [0.4, 0.5) is 5.69 Å². The number of hydrogen-bond donors (Lipinski definition) is 2. The highest BCUT2D eigenvalue weighted by atomic mass is 16.1. The van der Waals surface area contributed by atoms with Gasteiger partial charge in [0.15, 0.2) is 0 Å². The van der Waals surface area contributed by atoms with Gasteiger partial charge in [0.2, 0.25) is 0 Å². The first-order valence-corrected chi connectivity index (χ1v) is 11.0. The number of anilines is 1. The van der Waals surface area contributed by atoms with Crippen molar-refractivity contribution >= 4 is 17.1 Å². The van der Waals surface area contributed by atoms with Crippen LogP contribution in [0.25, 0.3) is 22.3 Å². The normalized spacial score (nSPS) is 20.0. The zero-order chi connectivity index (χ0) is 22.5. The Morgan fingerprint density at radius 1 is 1.16 bits per heavy atom. The Bertz CT molecular complexity index is 1270. The number of rotatable bonds is 5. The summed E-state index contributed by atoms with van der Waals surface area (Å²) < 4.78 is 3.64. The van der Waals surface area contributed by atoms with Crippen molar-refractivity contribution in [2.24, 2.45) is 17.1 Å². The second-order valence-corrected chi connectivity index (χ2v) is 9.35. The molecule has 5 rings (SSSR count). The molecule has 1 aromatic carbocycles. The van der Waals surface area contributed by atoms with Gasteiger partial charge in [0.25, 0.3) is 5.91 Å². The maximum absolute atomic E-state index is 12.2. The Kier molecular flexibility index (Phi) is 4.77. The van der Waals surface area contributed by atoms with E-state index in [-0.39, 0.29) is 11.5 Å². The standard InChI is InChI=1S/C25H28N6O/c1-16-5-10-22(25(16,2)3)29-23-20(24(26)32)14-28-31-15-18(13-21(23)31)17-6-8-19(9-7-17)30-12-4-11-27-30/h4,6-9,11-16,22,29H,5,10H2,1-3H3,(H2,26,32)/t16?,22-/m1/s1. The molecule has 7 nitrogen and oxygen atoms in total. The average Bonchev–Trinajstić information content (AvgIpc) is 3.50. The van der Waals surface area contributed by atoms with Crippen molar-refractivity contribution in [1.82, 2.24) is 19.4 Å². The van der Waals surface area contributed by atoms with Gasteiger partial charge in [-0.05, 0) is 54.0 Å². The molecule has 4 aromatic rings. The molecule has 0 aliphatic heterocycles. The maximum Gasteiger partial charge on any atom is 0.252 e. The Morgan fingerprint density at radius 2 is 1.94 bits per heavy atom. The van der Waals surface area contributed by atoms with E-state index >= 15 is 0 Å². The molecule has 0 radical (unpaired) electrons. The Hall–Kier alpha value is -3.61. The van der Waals surface area contributed by atoms with Crippen molar-refractivity contribution in [3.05, 3.63) is 66.7 Å². The molecule has 3 aromatic heterocycles. The van der Waals surface area contributed by atoms with Gasteiger partial charge in [-0.1, -0.05) is 32.9 Å². The van der Waals surface area contributed by atoms with Crippen LogP contribution in [-0.2, 0) is 0 Å². The minimum Gasteiger partial charge on any atom is -0.379 e. The lowest BCUT2D eigenvalue weighted by molar-refractivity contribution is 0.100. The summed E-state index contributed by atoms with van der Waals surface area (Å²) in [5.74, 6) is 0.128. The van der Waals surface area contributed by atoms with Crippen molar-refractivity contribution < 1.29 is 4.79 Å². The van der Waals surface area contributed by atoms with E-state index in [2.05, 4.69) is 54.5 Å². The third kappa shape index (κ3) is 3.34. The monoisotopic (exact) mass is 428 g/mol. The van der Waals surface area contributed by atoms with Gasteiger partial charge in [0, 0.05) is 30.2 Å². The molecule has 7 heteroatoms. The summed E-state index contributed by atoms with van der Waals surface area (Å²) in [6, 6.07) is 12.4. The first-order chi connectivity index (χ1) is 15.3. The molecule has 0 saturated heterocycles. The molecule has 1 aliphatic carbocycles. The molecule has 1 amide bonds. The summed E-state index contributed by atoms with van der Waals surface area (Å²) in [6.07, 6.45) is 9.44. The molecule has 1 aliphatic rings. The number of hydrogen-bond acceptors (Lipinski definition) is 4. The first kappa shape index (κ1) is 20.3. The van der Waals surface area contributed by atoms with Gasteiger partial charge >= 0.3 is 0 Å². The molecule has 1 fully saturated rings. The van der Waals surface area contributed by atoms with E-state index in [9.17, 15) is 4.79 Å². The van der Waals surface area contributed by atoms with E-state index in [4.69, 9.17) is 5.73 Å². The van der Waals surface area contributed by atoms with E-state index in [1.165, 1.54) is 0 Å². The van der Waals surface area contributed by atoms with Crippen molar-refractivity contribution in [3.8, 4) is 16.8 Å². The number of benzene rings is 1. The lowest BCUT2D eigenvalue weighted by Gasteiger charge is -2.33. The highest BCUT2D eigenvalue weighted by molar-refractivity contribution is 6.02. The van der Waals surface area contributed by atoms with Gasteiger partial charge in [-0.2, -0.15) is 10.2 Å². The molecule has 1 unspecified atom stereocenters. The van der Waals surface area contributed by atoms with Crippen LogP contribution in [-0.4, -0.2) is 31.3 Å². The lowest BCUT2D eigenvalue weighted by atomic mass is 9.80. The fourth-order valence-corrected chi connectivity index (χ4v) is 4.72. The highest BCUT2D eigenvalue weighted by Crippen LogP contribution is 2.44.